The highest BCUT2D eigenvalue weighted by Crippen LogP contribution is 2.41. The fourth-order valence-electron chi connectivity index (χ4n) is 2.99. The monoisotopic (exact) mass is 315 g/mol. The minimum absolute atomic E-state index is 0.423. The molecule has 0 heterocycles. The van der Waals surface area contributed by atoms with Crippen molar-refractivity contribution in [2.45, 2.75) is 32.1 Å². The summed E-state index contributed by atoms with van der Waals surface area (Å²) in [4.78, 5) is 0. The van der Waals surface area contributed by atoms with Gasteiger partial charge in [-0.1, -0.05) is 46.4 Å². The molecule has 1 saturated carbocycles. The predicted octanol–water partition coefficient (Wildman–Crippen LogP) is 4.42. The Kier molecular flexibility index (Phi) is 4.51. The summed E-state index contributed by atoms with van der Waals surface area (Å²) in [6.45, 7) is 1.10. The van der Waals surface area contributed by atoms with Crippen LogP contribution in [-0.2, 0) is 6.42 Å². The molecule has 0 aliphatic heterocycles. The van der Waals surface area contributed by atoms with Crippen molar-refractivity contribution in [1.29, 1.82) is 0 Å². The van der Waals surface area contributed by atoms with Gasteiger partial charge in [0.05, 0.1) is 0 Å². The summed E-state index contributed by atoms with van der Waals surface area (Å²) in [5.41, 5.74) is 1.71. The Morgan fingerprint density at radius 2 is 2.06 bits per heavy atom. The van der Waals surface area contributed by atoms with Gasteiger partial charge in [0.25, 0.3) is 0 Å². The summed E-state index contributed by atoms with van der Waals surface area (Å²) in [6.07, 6.45) is 6.45. The van der Waals surface area contributed by atoms with Gasteiger partial charge >= 0.3 is 0 Å². The highest BCUT2D eigenvalue weighted by Gasteiger charge is 2.33. The van der Waals surface area contributed by atoms with Crippen molar-refractivity contribution in [3.8, 4) is 0 Å². The first-order valence-electron chi connectivity index (χ1n) is 6.24. The molecule has 1 aliphatic carbocycles. The summed E-state index contributed by atoms with van der Waals surface area (Å²) >= 11 is 9.78. The first kappa shape index (κ1) is 13.4. The van der Waals surface area contributed by atoms with E-state index in [1.807, 2.05) is 13.1 Å². The molecule has 1 N–H and O–H groups in total. The molecule has 3 heteroatoms. The molecule has 1 aliphatic rings. The fraction of sp³-hybridized carbons (Fsp3) is 0.571. The SMILES string of the molecule is CNCC1(Cc2ccc(Br)cc2Cl)CCCC1. The van der Waals surface area contributed by atoms with Crippen molar-refractivity contribution in [2.75, 3.05) is 13.6 Å². The van der Waals surface area contributed by atoms with Crippen LogP contribution in [0.5, 0.6) is 0 Å². The Bertz CT molecular complexity index is 386. The number of hydrogen-bond acceptors (Lipinski definition) is 1. The molecule has 0 unspecified atom stereocenters. The molecule has 2 rings (SSSR count). The van der Waals surface area contributed by atoms with Crippen LogP contribution in [-0.4, -0.2) is 13.6 Å². The van der Waals surface area contributed by atoms with Crippen LogP contribution in [0.15, 0.2) is 22.7 Å². The zero-order valence-electron chi connectivity index (χ0n) is 10.2. The van der Waals surface area contributed by atoms with Gasteiger partial charge < -0.3 is 5.32 Å². The Morgan fingerprint density at radius 1 is 1.35 bits per heavy atom. The molecule has 17 heavy (non-hydrogen) atoms. The third-order valence-corrected chi connectivity index (χ3v) is 4.64. The fourth-order valence-corrected chi connectivity index (χ4v) is 3.73. The van der Waals surface area contributed by atoms with Gasteiger partial charge in [0.1, 0.15) is 0 Å². The molecule has 0 amide bonds. The molecule has 1 fully saturated rings. The van der Waals surface area contributed by atoms with Crippen LogP contribution < -0.4 is 5.32 Å². The van der Waals surface area contributed by atoms with E-state index in [0.29, 0.717) is 5.41 Å². The Hall–Kier alpha value is -0.0500. The third-order valence-electron chi connectivity index (χ3n) is 3.80. The minimum atomic E-state index is 0.423. The summed E-state index contributed by atoms with van der Waals surface area (Å²) in [5, 5.41) is 4.24. The molecule has 0 aromatic heterocycles. The van der Waals surface area contributed by atoms with Crippen molar-refractivity contribution < 1.29 is 0 Å². The first-order valence-corrected chi connectivity index (χ1v) is 7.41. The van der Waals surface area contributed by atoms with Gasteiger partial charge in [0.2, 0.25) is 0 Å². The second-order valence-electron chi connectivity index (χ2n) is 5.15. The van der Waals surface area contributed by atoms with Crippen LogP contribution in [0.3, 0.4) is 0 Å². The van der Waals surface area contributed by atoms with E-state index in [4.69, 9.17) is 11.6 Å². The summed E-state index contributed by atoms with van der Waals surface area (Å²) in [5.74, 6) is 0. The van der Waals surface area contributed by atoms with E-state index in [1.54, 1.807) is 0 Å². The Morgan fingerprint density at radius 3 is 2.65 bits per heavy atom. The molecule has 1 aromatic rings. The number of nitrogens with one attached hydrogen (secondary N) is 1. The Labute approximate surface area is 117 Å². The van der Waals surface area contributed by atoms with Crippen molar-refractivity contribution in [3.05, 3.63) is 33.3 Å². The highest BCUT2D eigenvalue weighted by atomic mass is 79.9. The van der Waals surface area contributed by atoms with E-state index in [1.165, 1.54) is 31.2 Å². The van der Waals surface area contributed by atoms with Gasteiger partial charge in [-0.3, -0.25) is 0 Å². The Balaban J connectivity index is 2.17. The van der Waals surface area contributed by atoms with Gasteiger partial charge in [-0.15, -0.1) is 0 Å². The normalized spacial score (nSPS) is 18.5. The average molecular weight is 317 g/mol. The number of hydrogen-bond donors (Lipinski definition) is 1. The molecule has 94 valence electrons. The van der Waals surface area contributed by atoms with Gasteiger partial charge in [0.15, 0.2) is 0 Å². The first-order chi connectivity index (χ1) is 8.15. The quantitative estimate of drug-likeness (QED) is 0.867. The maximum atomic E-state index is 6.32. The van der Waals surface area contributed by atoms with Crippen molar-refractivity contribution in [1.82, 2.24) is 5.32 Å². The molecule has 0 atom stereocenters. The second-order valence-corrected chi connectivity index (χ2v) is 6.47. The summed E-state index contributed by atoms with van der Waals surface area (Å²) < 4.78 is 1.06. The van der Waals surface area contributed by atoms with Crippen LogP contribution >= 0.6 is 27.5 Å². The van der Waals surface area contributed by atoms with E-state index in [9.17, 15) is 0 Å². The van der Waals surface area contributed by atoms with E-state index >= 15 is 0 Å². The van der Waals surface area contributed by atoms with Gasteiger partial charge in [-0.2, -0.15) is 0 Å². The molecule has 0 bridgehead atoms. The van der Waals surface area contributed by atoms with Crippen LogP contribution in [0.4, 0.5) is 0 Å². The lowest BCUT2D eigenvalue weighted by molar-refractivity contribution is 0.286. The van der Waals surface area contributed by atoms with E-state index in [2.05, 4.69) is 33.4 Å². The highest BCUT2D eigenvalue weighted by molar-refractivity contribution is 9.10. The van der Waals surface area contributed by atoms with E-state index in [0.717, 1.165) is 22.5 Å². The number of halogens is 2. The van der Waals surface area contributed by atoms with Crippen molar-refractivity contribution in [2.24, 2.45) is 5.41 Å². The van der Waals surface area contributed by atoms with Crippen molar-refractivity contribution in [3.63, 3.8) is 0 Å². The maximum Gasteiger partial charge on any atom is 0.0449 e. The molecule has 0 spiro atoms. The van der Waals surface area contributed by atoms with E-state index < -0.39 is 0 Å². The molecule has 0 radical (unpaired) electrons. The van der Waals surface area contributed by atoms with Crippen LogP contribution in [0.2, 0.25) is 5.02 Å². The molecule has 1 nitrogen and oxygen atoms in total. The number of rotatable bonds is 4. The molecule has 1 aromatic carbocycles. The van der Waals surface area contributed by atoms with Gasteiger partial charge in [0, 0.05) is 16.0 Å². The van der Waals surface area contributed by atoms with E-state index in [-0.39, 0.29) is 0 Å². The minimum Gasteiger partial charge on any atom is -0.319 e. The van der Waals surface area contributed by atoms with Crippen LogP contribution in [0.1, 0.15) is 31.2 Å². The summed E-state index contributed by atoms with van der Waals surface area (Å²) in [6, 6.07) is 6.24. The second kappa shape index (κ2) is 5.73. The zero-order valence-corrected chi connectivity index (χ0v) is 12.6. The molecular formula is C14H19BrClN. The lowest BCUT2D eigenvalue weighted by atomic mass is 9.80. The van der Waals surface area contributed by atoms with Crippen LogP contribution in [0.25, 0.3) is 0 Å². The zero-order chi connectivity index (χ0) is 12.3. The topological polar surface area (TPSA) is 12.0 Å². The van der Waals surface area contributed by atoms with Gasteiger partial charge in [-0.05, 0) is 49.4 Å². The largest absolute Gasteiger partial charge is 0.319 e. The molecular weight excluding hydrogens is 298 g/mol. The molecule has 0 saturated heterocycles. The van der Waals surface area contributed by atoms with Crippen molar-refractivity contribution >= 4 is 27.5 Å². The average Bonchev–Trinajstić information content (AvgIpc) is 2.72. The standard InChI is InChI=1S/C14H19BrClN/c1-17-10-14(6-2-3-7-14)9-11-4-5-12(15)8-13(11)16/h4-5,8,17H,2-3,6-7,9-10H2,1H3. The van der Waals surface area contributed by atoms with Gasteiger partial charge in [-0.25, -0.2) is 0 Å². The smallest absolute Gasteiger partial charge is 0.0449 e. The third kappa shape index (κ3) is 3.24. The lowest BCUT2D eigenvalue weighted by Crippen LogP contribution is -2.32. The lowest BCUT2D eigenvalue weighted by Gasteiger charge is -2.29. The maximum absolute atomic E-state index is 6.32. The van der Waals surface area contributed by atoms with Crippen LogP contribution in [0, 0.1) is 5.41 Å². The number of benzene rings is 1. The predicted molar refractivity (Wildman–Crippen MR) is 77.7 cm³/mol. The summed E-state index contributed by atoms with van der Waals surface area (Å²) in [7, 11) is 2.04.